The summed E-state index contributed by atoms with van der Waals surface area (Å²) in [6, 6.07) is 9.27. The standard InChI is InChI=1S/C18H18N4O4S/c1-9(23)13-11-8-12(14(17(25)26)22(11)16(13)24)27-18-20-19-15(21(18)2)10-6-4-3-5-7-10/h3-7,9,11,13,23H,8H2,1-2H3,(H,25,26)/t9-,11-,13-/m1/s1. The fraction of sp³-hybridized carbons (Fsp3) is 0.333. The quantitative estimate of drug-likeness (QED) is 0.749. The highest BCUT2D eigenvalue weighted by molar-refractivity contribution is 8.03. The van der Waals surface area contributed by atoms with Crippen LogP contribution in [0.15, 0.2) is 46.1 Å². The van der Waals surface area contributed by atoms with Gasteiger partial charge in [0.05, 0.1) is 18.1 Å². The van der Waals surface area contributed by atoms with Gasteiger partial charge in [-0.05, 0) is 6.92 Å². The molecule has 0 radical (unpaired) electrons. The lowest BCUT2D eigenvalue weighted by atomic mass is 9.83. The lowest BCUT2D eigenvalue weighted by Crippen LogP contribution is -2.61. The molecule has 1 aromatic carbocycles. The molecule has 2 N–H and O–H groups in total. The summed E-state index contributed by atoms with van der Waals surface area (Å²) in [5.74, 6) is -1.37. The number of aliphatic carboxylic acids is 1. The SMILES string of the molecule is C[C@@H](O)[C@H]1C(=O)N2C(C(=O)O)=C(Sc3nnc(-c4ccccc4)n3C)C[C@H]12. The average Bonchev–Trinajstić information content (AvgIpc) is 3.14. The van der Waals surface area contributed by atoms with E-state index in [4.69, 9.17) is 0 Å². The van der Waals surface area contributed by atoms with E-state index in [1.165, 1.54) is 16.7 Å². The molecular weight excluding hydrogens is 368 g/mol. The maximum absolute atomic E-state index is 12.3. The monoisotopic (exact) mass is 386 g/mol. The van der Waals surface area contributed by atoms with Crippen molar-refractivity contribution in [3.8, 4) is 11.4 Å². The molecule has 1 saturated heterocycles. The van der Waals surface area contributed by atoms with Crippen LogP contribution >= 0.6 is 11.8 Å². The largest absolute Gasteiger partial charge is 0.477 e. The van der Waals surface area contributed by atoms with Gasteiger partial charge < -0.3 is 19.7 Å². The Hall–Kier alpha value is -2.65. The van der Waals surface area contributed by atoms with Gasteiger partial charge in [-0.3, -0.25) is 4.79 Å². The van der Waals surface area contributed by atoms with E-state index in [1.54, 1.807) is 11.5 Å². The number of hydrogen-bond donors (Lipinski definition) is 2. The fourth-order valence-electron chi connectivity index (χ4n) is 3.68. The first kappa shape index (κ1) is 17.7. The van der Waals surface area contributed by atoms with Crippen LogP contribution in [-0.4, -0.2) is 53.9 Å². The molecule has 0 bridgehead atoms. The van der Waals surface area contributed by atoms with Crippen LogP contribution in [0.2, 0.25) is 0 Å². The maximum atomic E-state index is 12.3. The highest BCUT2D eigenvalue weighted by Gasteiger charge is 2.56. The second kappa shape index (κ2) is 6.50. The second-order valence-corrected chi connectivity index (χ2v) is 7.72. The molecule has 4 rings (SSSR count). The van der Waals surface area contributed by atoms with Crippen LogP contribution in [-0.2, 0) is 16.6 Å². The van der Waals surface area contributed by atoms with E-state index in [1.807, 2.05) is 37.4 Å². The van der Waals surface area contributed by atoms with Crippen molar-refractivity contribution in [2.45, 2.75) is 30.6 Å². The van der Waals surface area contributed by atoms with Crippen LogP contribution in [0.5, 0.6) is 0 Å². The highest BCUT2D eigenvalue weighted by Crippen LogP contribution is 2.48. The Balaban J connectivity index is 1.64. The van der Waals surface area contributed by atoms with Gasteiger partial charge in [-0.15, -0.1) is 10.2 Å². The third kappa shape index (κ3) is 2.74. The third-order valence-corrected chi connectivity index (χ3v) is 6.12. The van der Waals surface area contributed by atoms with Gasteiger partial charge in [-0.2, -0.15) is 0 Å². The lowest BCUT2D eigenvalue weighted by molar-refractivity contribution is -0.161. The number of aromatic nitrogens is 3. The van der Waals surface area contributed by atoms with Crippen molar-refractivity contribution in [2.24, 2.45) is 13.0 Å². The number of carboxylic acids is 1. The number of carbonyl (C=O) groups excluding carboxylic acids is 1. The molecule has 8 nitrogen and oxygen atoms in total. The zero-order valence-corrected chi connectivity index (χ0v) is 15.6. The lowest BCUT2D eigenvalue weighted by Gasteiger charge is -2.44. The summed E-state index contributed by atoms with van der Waals surface area (Å²) in [5, 5.41) is 28.4. The predicted molar refractivity (Wildman–Crippen MR) is 97.4 cm³/mol. The smallest absolute Gasteiger partial charge is 0.353 e. The summed E-state index contributed by atoms with van der Waals surface area (Å²) < 4.78 is 1.80. The topological polar surface area (TPSA) is 109 Å². The summed E-state index contributed by atoms with van der Waals surface area (Å²) in [5.41, 5.74) is 0.891. The fourth-order valence-corrected chi connectivity index (χ4v) is 4.74. The normalized spacial score (nSPS) is 22.6. The molecule has 27 heavy (non-hydrogen) atoms. The minimum absolute atomic E-state index is 0.0174. The van der Waals surface area contributed by atoms with E-state index in [2.05, 4.69) is 10.2 Å². The molecule has 2 aliphatic rings. The van der Waals surface area contributed by atoms with E-state index in [0.29, 0.717) is 22.3 Å². The van der Waals surface area contributed by atoms with E-state index >= 15 is 0 Å². The van der Waals surface area contributed by atoms with Crippen molar-refractivity contribution in [3.63, 3.8) is 0 Å². The first-order valence-electron chi connectivity index (χ1n) is 8.50. The summed E-state index contributed by atoms with van der Waals surface area (Å²) in [4.78, 5) is 25.9. The number of aliphatic hydroxyl groups is 1. The molecule has 140 valence electrons. The Labute approximate surface area is 159 Å². The number of fused-ring (bicyclic) bond motifs is 1. The average molecular weight is 386 g/mol. The molecule has 0 unspecified atom stereocenters. The molecule has 3 heterocycles. The Morgan fingerprint density at radius 3 is 2.63 bits per heavy atom. The molecule has 0 saturated carbocycles. The van der Waals surface area contributed by atoms with Crippen molar-refractivity contribution in [1.82, 2.24) is 19.7 Å². The number of rotatable bonds is 5. The van der Waals surface area contributed by atoms with E-state index < -0.39 is 18.0 Å². The van der Waals surface area contributed by atoms with Crippen LogP contribution in [0, 0.1) is 5.92 Å². The van der Waals surface area contributed by atoms with E-state index in [9.17, 15) is 19.8 Å². The summed E-state index contributed by atoms with van der Waals surface area (Å²) >= 11 is 1.21. The Kier molecular flexibility index (Phi) is 4.27. The second-order valence-electron chi connectivity index (χ2n) is 6.66. The highest BCUT2D eigenvalue weighted by atomic mass is 32.2. The van der Waals surface area contributed by atoms with Gasteiger partial charge in [-0.1, -0.05) is 42.1 Å². The zero-order valence-electron chi connectivity index (χ0n) is 14.7. The first-order chi connectivity index (χ1) is 12.9. The molecule has 2 aromatic rings. The van der Waals surface area contributed by atoms with Crippen molar-refractivity contribution < 1.29 is 19.8 Å². The zero-order chi connectivity index (χ0) is 19.3. The molecule has 1 amide bonds. The van der Waals surface area contributed by atoms with Crippen LogP contribution in [0.4, 0.5) is 0 Å². The number of amides is 1. The molecular formula is C18H18N4O4S. The summed E-state index contributed by atoms with van der Waals surface area (Å²) in [7, 11) is 1.82. The number of benzene rings is 1. The molecule has 1 aromatic heterocycles. The predicted octanol–water partition coefficient (Wildman–Crippen LogP) is 1.48. The van der Waals surface area contributed by atoms with Crippen molar-refractivity contribution >= 4 is 23.6 Å². The van der Waals surface area contributed by atoms with Crippen LogP contribution in [0.3, 0.4) is 0 Å². The number of carbonyl (C=O) groups is 2. The Morgan fingerprint density at radius 1 is 1.30 bits per heavy atom. The van der Waals surface area contributed by atoms with Gasteiger partial charge in [-0.25, -0.2) is 4.79 Å². The van der Waals surface area contributed by atoms with Crippen LogP contribution < -0.4 is 0 Å². The van der Waals surface area contributed by atoms with Gasteiger partial charge in [0.1, 0.15) is 5.70 Å². The van der Waals surface area contributed by atoms with Crippen molar-refractivity contribution in [2.75, 3.05) is 0 Å². The summed E-state index contributed by atoms with van der Waals surface area (Å²) in [6.07, 6.45) is -0.418. The van der Waals surface area contributed by atoms with Crippen LogP contribution in [0.1, 0.15) is 13.3 Å². The number of carboxylic acid groups (broad SMARTS) is 1. The van der Waals surface area contributed by atoms with Crippen molar-refractivity contribution in [3.05, 3.63) is 40.9 Å². The van der Waals surface area contributed by atoms with Crippen molar-refractivity contribution in [1.29, 1.82) is 0 Å². The number of aliphatic hydroxyl groups excluding tert-OH is 1. The first-order valence-corrected chi connectivity index (χ1v) is 9.32. The van der Waals surface area contributed by atoms with Gasteiger partial charge in [0.15, 0.2) is 11.0 Å². The molecule has 3 atom stereocenters. The van der Waals surface area contributed by atoms with Gasteiger partial charge >= 0.3 is 5.97 Å². The maximum Gasteiger partial charge on any atom is 0.353 e. The van der Waals surface area contributed by atoms with Crippen LogP contribution in [0.25, 0.3) is 11.4 Å². The number of hydrogen-bond acceptors (Lipinski definition) is 6. The molecule has 0 aliphatic carbocycles. The minimum atomic E-state index is -1.15. The number of thioether (sulfide) groups is 1. The summed E-state index contributed by atoms with van der Waals surface area (Å²) in [6.45, 7) is 1.56. The number of nitrogens with zero attached hydrogens (tertiary/aromatic N) is 4. The minimum Gasteiger partial charge on any atom is -0.477 e. The Morgan fingerprint density at radius 2 is 2.00 bits per heavy atom. The van der Waals surface area contributed by atoms with E-state index in [-0.39, 0.29) is 17.6 Å². The number of β-lactam (4-membered cyclic amide) rings is 1. The molecule has 2 aliphatic heterocycles. The van der Waals surface area contributed by atoms with Gasteiger partial charge in [0.25, 0.3) is 0 Å². The molecule has 0 spiro atoms. The third-order valence-electron chi connectivity index (χ3n) is 4.97. The molecule has 9 heteroatoms. The molecule has 1 fully saturated rings. The van der Waals surface area contributed by atoms with E-state index in [0.717, 1.165) is 5.56 Å². The van der Waals surface area contributed by atoms with Gasteiger partial charge in [0.2, 0.25) is 5.91 Å². The van der Waals surface area contributed by atoms with Gasteiger partial charge in [0, 0.05) is 23.9 Å². The Bertz CT molecular complexity index is 954.